The zero-order valence-electron chi connectivity index (χ0n) is 5.76. The first kappa shape index (κ1) is 6.93. The Morgan fingerprint density at radius 1 is 1.70 bits per heavy atom. The Kier molecular flexibility index (Phi) is 1.81. The van der Waals surface area contributed by atoms with Gasteiger partial charge in [0.2, 0.25) is 5.95 Å². The van der Waals surface area contributed by atoms with Crippen molar-refractivity contribution < 1.29 is 4.39 Å². The first-order chi connectivity index (χ1) is 4.74. The van der Waals surface area contributed by atoms with Gasteiger partial charge in [0, 0.05) is 12.3 Å². The fourth-order valence-corrected chi connectivity index (χ4v) is 0.732. The predicted molar refractivity (Wildman–Crippen MR) is 39.0 cm³/mol. The predicted octanol–water partition coefficient (Wildman–Crippen LogP) is 2.17. The van der Waals surface area contributed by atoms with Crippen LogP contribution in [0.4, 0.5) is 4.39 Å². The van der Waals surface area contributed by atoms with Crippen LogP contribution in [-0.4, -0.2) is 4.98 Å². The van der Waals surface area contributed by atoms with Gasteiger partial charge in [-0.25, -0.2) is 4.98 Å². The minimum Gasteiger partial charge on any atom is -0.228 e. The lowest BCUT2D eigenvalue weighted by Crippen LogP contribution is -1.86. The average molecular weight is 137 g/mol. The molecule has 0 atom stereocenters. The van der Waals surface area contributed by atoms with Crippen molar-refractivity contribution in [1.29, 1.82) is 0 Å². The molecule has 0 saturated heterocycles. The Balaban J connectivity index is 3.21. The molecule has 0 unspecified atom stereocenters. The summed E-state index contributed by atoms with van der Waals surface area (Å²) in [5.74, 6) is -0.458. The molecular formula is C8H8FN. The van der Waals surface area contributed by atoms with Gasteiger partial charge in [-0.3, -0.25) is 0 Å². The highest BCUT2D eigenvalue weighted by molar-refractivity contribution is 5.49. The second-order valence-electron chi connectivity index (χ2n) is 2.07. The van der Waals surface area contributed by atoms with E-state index in [1.165, 1.54) is 12.3 Å². The molecule has 0 radical (unpaired) electrons. The molecular weight excluding hydrogens is 129 g/mol. The largest absolute Gasteiger partial charge is 0.228 e. The summed E-state index contributed by atoms with van der Waals surface area (Å²) in [6, 6.07) is 1.36. The lowest BCUT2D eigenvalue weighted by atomic mass is 10.2. The van der Waals surface area contributed by atoms with E-state index in [1.807, 2.05) is 6.92 Å². The summed E-state index contributed by atoms with van der Waals surface area (Å²) in [5, 5.41) is 0. The van der Waals surface area contributed by atoms with Crippen LogP contribution < -0.4 is 0 Å². The molecule has 1 aromatic rings. The van der Waals surface area contributed by atoms with E-state index in [9.17, 15) is 4.39 Å². The molecule has 10 heavy (non-hydrogen) atoms. The smallest absolute Gasteiger partial charge is 0.213 e. The van der Waals surface area contributed by atoms with Gasteiger partial charge in [-0.15, -0.1) is 0 Å². The maximum Gasteiger partial charge on any atom is 0.213 e. The quantitative estimate of drug-likeness (QED) is 0.540. The Morgan fingerprint density at radius 2 is 2.40 bits per heavy atom. The molecule has 0 aliphatic carbocycles. The Hall–Kier alpha value is -1.18. The normalized spacial score (nSPS) is 9.40. The topological polar surface area (TPSA) is 12.9 Å². The van der Waals surface area contributed by atoms with Crippen LogP contribution in [0.3, 0.4) is 0 Å². The molecule has 0 spiro atoms. The van der Waals surface area contributed by atoms with Crippen molar-refractivity contribution in [3.8, 4) is 0 Å². The maximum atomic E-state index is 12.4. The minimum absolute atomic E-state index is 0.458. The molecule has 0 fully saturated rings. The maximum absolute atomic E-state index is 12.4. The van der Waals surface area contributed by atoms with Crippen molar-refractivity contribution in [2.75, 3.05) is 0 Å². The molecule has 0 amide bonds. The Bertz CT molecular complexity index is 255. The van der Waals surface area contributed by atoms with Crippen LogP contribution in [0.2, 0.25) is 0 Å². The van der Waals surface area contributed by atoms with E-state index in [0.29, 0.717) is 0 Å². The molecule has 52 valence electrons. The van der Waals surface area contributed by atoms with E-state index in [4.69, 9.17) is 0 Å². The highest BCUT2D eigenvalue weighted by Crippen LogP contribution is 2.07. The van der Waals surface area contributed by atoms with Crippen LogP contribution in [0.5, 0.6) is 0 Å². The lowest BCUT2D eigenvalue weighted by Gasteiger charge is -1.96. The molecule has 0 N–H and O–H groups in total. The van der Waals surface area contributed by atoms with Crippen molar-refractivity contribution >= 4 is 6.08 Å². The number of aromatic nitrogens is 1. The summed E-state index contributed by atoms with van der Waals surface area (Å²) >= 11 is 0. The SMILES string of the molecule is C=Cc1cc(F)ncc1C. The molecule has 1 aromatic heterocycles. The monoisotopic (exact) mass is 137 g/mol. The fraction of sp³-hybridized carbons (Fsp3) is 0.125. The van der Waals surface area contributed by atoms with Gasteiger partial charge in [-0.05, 0) is 18.1 Å². The lowest BCUT2D eigenvalue weighted by molar-refractivity contribution is 0.582. The summed E-state index contributed by atoms with van der Waals surface area (Å²) in [6.07, 6.45) is 3.10. The number of rotatable bonds is 1. The number of aryl methyl sites for hydroxylation is 1. The second-order valence-corrected chi connectivity index (χ2v) is 2.07. The summed E-state index contributed by atoms with van der Waals surface area (Å²) in [4.78, 5) is 3.47. The number of nitrogens with zero attached hydrogens (tertiary/aromatic N) is 1. The van der Waals surface area contributed by atoms with Crippen molar-refractivity contribution in [3.63, 3.8) is 0 Å². The van der Waals surface area contributed by atoms with E-state index in [0.717, 1.165) is 11.1 Å². The summed E-state index contributed by atoms with van der Waals surface area (Å²) in [7, 11) is 0. The van der Waals surface area contributed by atoms with E-state index >= 15 is 0 Å². The van der Waals surface area contributed by atoms with Gasteiger partial charge < -0.3 is 0 Å². The highest BCUT2D eigenvalue weighted by atomic mass is 19.1. The van der Waals surface area contributed by atoms with Crippen LogP contribution in [0, 0.1) is 12.9 Å². The van der Waals surface area contributed by atoms with Crippen LogP contribution >= 0.6 is 0 Å². The number of hydrogen-bond donors (Lipinski definition) is 0. The van der Waals surface area contributed by atoms with Gasteiger partial charge in [0.1, 0.15) is 0 Å². The third kappa shape index (κ3) is 1.21. The molecule has 0 saturated carbocycles. The van der Waals surface area contributed by atoms with Gasteiger partial charge in [0.15, 0.2) is 0 Å². The average Bonchev–Trinajstić information content (AvgIpc) is 1.94. The van der Waals surface area contributed by atoms with Gasteiger partial charge in [-0.1, -0.05) is 12.7 Å². The minimum atomic E-state index is -0.458. The van der Waals surface area contributed by atoms with Crippen molar-refractivity contribution in [1.82, 2.24) is 4.98 Å². The third-order valence-corrected chi connectivity index (χ3v) is 1.33. The van der Waals surface area contributed by atoms with E-state index < -0.39 is 5.95 Å². The van der Waals surface area contributed by atoms with Gasteiger partial charge in [-0.2, -0.15) is 4.39 Å². The fourth-order valence-electron chi connectivity index (χ4n) is 0.732. The number of pyridine rings is 1. The molecule has 0 aromatic carbocycles. The third-order valence-electron chi connectivity index (χ3n) is 1.33. The molecule has 0 bridgehead atoms. The Morgan fingerprint density at radius 3 is 2.90 bits per heavy atom. The Labute approximate surface area is 59.2 Å². The van der Waals surface area contributed by atoms with E-state index in [-0.39, 0.29) is 0 Å². The standard InChI is InChI=1S/C8H8FN/c1-3-7-4-8(9)10-5-6(7)2/h3-5H,1H2,2H3. The van der Waals surface area contributed by atoms with Gasteiger partial charge in [0.25, 0.3) is 0 Å². The van der Waals surface area contributed by atoms with Crippen molar-refractivity contribution in [2.45, 2.75) is 6.92 Å². The summed E-state index contributed by atoms with van der Waals surface area (Å²) in [5.41, 5.74) is 1.74. The molecule has 2 heteroatoms. The first-order valence-corrected chi connectivity index (χ1v) is 2.98. The molecule has 1 nitrogen and oxygen atoms in total. The molecule has 0 aliphatic rings. The summed E-state index contributed by atoms with van der Waals surface area (Å²) in [6.45, 7) is 5.40. The number of halogens is 1. The van der Waals surface area contributed by atoms with Crippen LogP contribution in [0.25, 0.3) is 6.08 Å². The zero-order chi connectivity index (χ0) is 7.56. The van der Waals surface area contributed by atoms with Crippen molar-refractivity contribution in [3.05, 3.63) is 35.9 Å². The highest BCUT2D eigenvalue weighted by Gasteiger charge is 1.95. The molecule has 0 aliphatic heterocycles. The summed E-state index contributed by atoms with van der Waals surface area (Å²) < 4.78 is 12.4. The van der Waals surface area contributed by atoms with E-state index in [2.05, 4.69) is 11.6 Å². The number of hydrogen-bond acceptors (Lipinski definition) is 1. The van der Waals surface area contributed by atoms with Crippen molar-refractivity contribution in [2.24, 2.45) is 0 Å². The van der Waals surface area contributed by atoms with E-state index in [1.54, 1.807) is 6.08 Å². The second kappa shape index (κ2) is 2.60. The van der Waals surface area contributed by atoms with Gasteiger partial charge in [0.05, 0.1) is 0 Å². The molecule has 1 heterocycles. The van der Waals surface area contributed by atoms with Crippen LogP contribution in [-0.2, 0) is 0 Å². The first-order valence-electron chi connectivity index (χ1n) is 2.98. The van der Waals surface area contributed by atoms with Gasteiger partial charge >= 0.3 is 0 Å². The van der Waals surface area contributed by atoms with Crippen LogP contribution in [0.15, 0.2) is 18.8 Å². The molecule has 1 rings (SSSR count). The van der Waals surface area contributed by atoms with Crippen LogP contribution in [0.1, 0.15) is 11.1 Å². The zero-order valence-corrected chi connectivity index (χ0v) is 5.76.